The molecule has 4 heteroatoms. The summed E-state index contributed by atoms with van der Waals surface area (Å²) in [6.45, 7) is 5.29. The summed E-state index contributed by atoms with van der Waals surface area (Å²) in [5.74, 6) is 0.175. The van der Waals surface area contributed by atoms with Crippen molar-refractivity contribution in [1.29, 1.82) is 0 Å². The molecule has 1 saturated heterocycles. The average Bonchev–Trinajstić information content (AvgIpc) is 2.65. The maximum absolute atomic E-state index is 11.4. The first kappa shape index (κ1) is 10.5. The number of hydrogen-bond donors (Lipinski definition) is 2. The molecule has 0 spiro atoms. The molecular weight excluding hydrogens is 166 g/mol. The van der Waals surface area contributed by atoms with E-state index < -0.39 is 0 Å². The van der Waals surface area contributed by atoms with Gasteiger partial charge in [0.25, 0.3) is 0 Å². The standard InChI is InChI=1S/C9H19N3O/c1-3-12(2)9(13)7-11-8-4-5-10-6-8/h8,10-11H,3-7H2,1-2H3. The lowest BCUT2D eigenvalue weighted by Gasteiger charge is -2.16. The van der Waals surface area contributed by atoms with Crippen LogP contribution < -0.4 is 10.6 Å². The van der Waals surface area contributed by atoms with Crippen LogP contribution in [-0.4, -0.2) is 50.1 Å². The average molecular weight is 185 g/mol. The lowest BCUT2D eigenvalue weighted by molar-refractivity contribution is -0.128. The quantitative estimate of drug-likeness (QED) is 0.615. The largest absolute Gasteiger partial charge is 0.345 e. The monoisotopic (exact) mass is 185 g/mol. The van der Waals surface area contributed by atoms with Crippen molar-refractivity contribution in [1.82, 2.24) is 15.5 Å². The Labute approximate surface area is 79.7 Å². The summed E-state index contributed by atoms with van der Waals surface area (Å²) in [6, 6.07) is 0.481. The lowest BCUT2D eigenvalue weighted by atomic mass is 10.2. The minimum absolute atomic E-state index is 0.175. The van der Waals surface area contributed by atoms with Crippen LogP contribution in [0, 0.1) is 0 Å². The predicted octanol–water partition coefficient (Wildman–Crippen LogP) is -0.584. The molecule has 0 saturated carbocycles. The van der Waals surface area contributed by atoms with Crippen LogP contribution in [0.2, 0.25) is 0 Å². The molecule has 1 rings (SSSR count). The summed E-state index contributed by atoms with van der Waals surface area (Å²) < 4.78 is 0. The number of nitrogens with one attached hydrogen (secondary N) is 2. The summed E-state index contributed by atoms with van der Waals surface area (Å²) in [5, 5.41) is 6.49. The minimum atomic E-state index is 0.175. The van der Waals surface area contributed by atoms with E-state index in [1.807, 2.05) is 14.0 Å². The van der Waals surface area contributed by atoms with Crippen molar-refractivity contribution in [3.05, 3.63) is 0 Å². The van der Waals surface area contributed by atoms with Gasteiger partial charge in [-0.25, -0.2) is 0 Å². The molecule has 1 unspecified atom stereocenters. The Morgan fingerprint density at radius 2 is 2.46 bits per heavy atom. The molecule has 0 aliphatic carbocycles. The van der Waals surface area contributed by atoms with Crippen LogP contribution >= 0.6 is 0 Å². The van der Waals surface area contributed by atoms with Crippen LogP contribution in [0.25, 0.3) is 0 Å². The van der Waals surface area contributed by atoms with Gasteiger partial charge in [0.15, 0.2) is 0 Å². The molecule has 2 N–H and O–H groups in total. The Balaban J connectivity index is 2.13. The van der Waals surface area contributed by atoms with Gasteiger partial charge in [-0.2, -0.15) is 0 Å². The van der Waals surface area contributed by atoms with Crippen molar-refractivity contribution in [2.45, 2.75) is 19.4 Å². The summed E-state index contributed by atoms with van der Waals surface area (Å²) >= 11 is 0. The van der Waals surface area contributed by atoms with Crippen LogP contribution in [0.3, 0.4) is 0 Å². The van der Waals surface area contributed by atoms with Gasteiger partial charge in [-0.15, -0.1) is 0 Å². The maximum atomic E-state index is 11.4. The number of nitrogens with zero attached hydrogens (tertiary/aromatic N) is 1. The van der Waals surface area contributed by atoms with Crippen LogP contribution in [0.15, 0.2) is 0 Å². The van der Waals surface area contributed by atoms with Crippen molar-refractivity contribution >= 4 is 5.91 Å². The van der Waals surface area contributed by atoms with E-state index in [0.717, 1.165) is 26.1 Å². The van der Waals surface area contributed by atoms with Crippen molar-refractivity contribution < 1.29 is 4.79 Å². The molecule has 0 bridgehead atoms. The maximum Gasteiger partial charge on any atom is 0.236 e. The molecule has 0 aromatic heterocycles. The molecule has 4 nitrogen and oxygen atoms in total. The first-order chi connectivity index (χ1) is 6.24. The van der Waals surface area contributed by atoms with E-state index in [2.05, 4.69) is 10.6 Å². The number of likely N-dealkylation sites (N-methyl/N-ethyl adjacent to an activating group) is 1. The molecule has 0 aromatic carbocycles. The van der Waals surface area contributed by atoms with Crippen molar-refractivity contribution in [2.75, 3.05) is 33.2 Å². The zero-order valence-electron chi connectivity index (χ0n) is 8.47. The molecule has 13 heavy (non-hydrogen) atoms. The summed E-state index contributed by atoms with van der Waals surface area (Å²) in [5.41, 5.74) is 0. The molecule has 76 valence electrons. The third-order valence-corrected chi connectivity index (χ3v) is 2.50. The van der Waals surface area contributed by atoms with Gasteiger partial charge in [0, 0.05) is 26.2 Å². The van der Waals surface area contributed by atoms with E-state index in [0.29, 0.717) is 12.6 Å². The first-order valence-electron chi connectivity index (χ1n) is 4.92. The lowest BCUT2D eigenvalue weighted by Crippen LogP contribution is -2.40. The third kappa shape index (κ3) is 3.32. The highest BCUT2D eigenvalue weighted by Crippen LogP contribution is 1.96. The van der Waals surface area contributed by atoms with Gasteiger partial charge in [0.05, 0.1) is 6.54 Å². The Hall–Kier alpha value is -0.610. The van der Waals surface area contributed by atoms with Gasteiger partial charge < -0.3 is 15.5 Å². The van der Waals surface area contributed by atoms with Gasteiger partial charge in [-0.1, -0.05) is 0 Å². The molecule has 1 aliphatic rings. The second-order valence-corrected chi connectivity index (χ2v) is 3.48. The third-order valence-electron chi connectivity index (χ3n) is 2.50. The van der Waals surface area contributed by atoms with Gasteiger partial charge in [0.1, 0.15) is 0 Å². The highest BCUT2D eigenvalue weighted by atomic mass is 16.2. The number of carbonyl (C=O) groups is 1. The van der Waals surface area contributed by atoms with Crippen molar-refractivity contribution in [2.24, 2.45) is 0 Å². The predicted molar refractivity (Wildman–Crippen MR) is 52.6 cm³/mol. The normalized spacial score (nSPS) is 21.8. The molecule has 0 aromatic rings. The highest BCUT2D eigenvalue weighted by molar-refractivity contribution is 5.77. The van der Waals surface area contributed by atoms with E-state index in [4.69, 9.17) is 0 Å². The molecule has 1 aliphatic heterocycles. The topological polar surface area (TPSA) is 44.4 Å². The van der Waals surface area contributed by atoms with Crippen LogP contribution in [-0.2, 0) is 4.79 Å². The highest BCUT2D eigenvalue weighted by Gasteiger charge is 2.15. The second kappa shape index (κ2) is 5.19. The summed E-state index contributed by atoms with van der Waals surface area (Å²) in [7, 11) is 1.83. The van der Waals surface area contributed by atoms with E-state index in [1.165, 1.54) is 0 Å². The Bertz CT molecular complexity index is 166. The molecule has 1 heterocycles. The van der Waals surface area contributed by atoms with E-state index in [1.54, 1.807) is 4.90 Å². The fourth-order valence-corrected chi connectivity index (χ4v) is 1.37. The first-order valence-corrected chi connectivity index (χ1v) is 4.92. The molecule has 0 radical (unpaired) electrons. The Kier molecular flexibility index (Phi) is 4.18. The number of hydrogen-bond acceptors (Lipinski definition) is 3. The van der Waals surface area contributed by atoms with E-state index >= 15 is 0 Å². The number of rotatable bonds is 4. The van der Waals surface area contributed by atoms with Gasteiger partial charge in [-0.05, 0) is 19.9 Å². The SMILES string of the molecule is CCN(C)C(=O)CNC1CCNC1. The van der Waals surface area contributed by atoms with E-state index in [9.17, 15) is 4.79 Å². The van der Waals surface area contributed by atoms with Gasteiger partial charge >= 0.3 is 0 Å². The molecular formula is C9H19N3O. The van der Waals surface area contributed by atoms with Gasteiger partial charge in [-0.3, -0.25) is 4.79 Å². The zero-order valence-corrected chi connectivity index (χ0v) is 8.47. The summed E-state index contributed by atoms with van der Waals surface area (Å²) in [4.78, 5) is 13.1. The van der Waals surface area contributed by atoms with Crippen LogP contribution in [0.1, 0.15) is 13.3 Å². The molecule has 1 atom stereocenters. The number of amides is 1. The van der Waals surface area contributed by atoms with E-state index in [-0.39, 0.29) is 5.91 Å². The fraction of sp³-hybridized carbons (Fsp3) is 0.889. The van der Waals surface area contributed by atoms with Crippen LogP contribution in [0.4, 0.5) is 0 Å². The van der Waals surface area contributed by atoms with Gasteiger partial charge in [0.2, 0.25) is 5.91 Å². The fourth-order valence-electron chi connectivity index (χ4n) is 1.37. The summed E-state index contributed by atoms with van der Waals surface area (Å²) in [6.07, 6.45) is 1.13. The smallest absolute Gasteiger partial charge is 0.236 e. The Morgan fingerprint density at radius 1 is 1.69 bits per heavy atom. The second-order valence-electron chi connectivity index (χ2n) is 3.48. The minimum Gasteiger partial charge on any atom is -0.345 e. The Morgan fingerprint density at radius 3 is 3.00 bits per heavy atom. The van der Waals surface area contributed by atoms with Crippen molar-refractivity contribution in [3.63, 3.8) is 0 Å². The van der Waals surface area contributed by atoms with Crippen LogP contribution in [0.5, 0.6) is 0 Å². The molecule has 1 fully saturated rings. The number of carbonyl (C=O) groups excluding carboxylic acids is 1. The van der Waals surface area contributed by atoms with Crippen molar-refractivity contribution in [3.8, 4) is 0 Å². The molecule has 1 amide bonds. The zero-order chi connectivity index (χ0) is 9.68.